The molecule has 4 nitrogen and oxygen atoms in total. The van der Waals surface area contributed by atoms with Crippen molar-refractivity contribution in [3.05, 3.63) is 71.3 Å². The van der Waals surface area contributed by atoms with Crippen LogP contribution < -0.4 is 10.6 Å². The van der Waals surface area contributed by atoms with Crippen LogP contribution in [0.15, 0.2) is 54.6 Å². The third kappa shape index (κ3) is 4.53. The van der Waals surface area contributed by atoms with E-state index in [0.717, 1.165) is 12.1 Å². The van der Waals surface area contributed by atoms with Gasteiger partial charge in [-0.1, -0.05) is 49.4 Å². The van der Waals surface area contributed by atoms with Gasteiger partial charge in [-0.2, -0.15) is 0 Å². The summed E-state index contributed by atoms with van der Waals surface area (Å²) in [5.74, 6) is -0.0328. The maximum Gasteiger partial charge on any atom is 0.251 e. The lowest BCUT2D eigenvalue weighted by Gasteiger charge is -2.07. The summed E-state index contributed by atoms with van der Waals surface area (Å²) in [5, 5.41) is 5.87. The molecule has 0 spiro atoms. The lowest BCUT2D eigenvalue weighted by molar-refractivity contribution is 0.0949. The van der Waals surface area contributed by atoms with E-state index in [9.17, 15) is 9.59 Å². The normalized spacial score (nSPS) is 10.2. The maximum atomic E-state index is 11.9. The van der Waals surface area contributed by atoms with Crippen LogP contribution >= 0.6 is 0 Å². The summed E-state index contributed by atoms with van der Waals surface area (Å²) < 4.78 is 0. The summed E-state index contributed by atoms with van der Waals surface area (Å²) in [6.45, 7) is 3.52. The summed E-state index contributed by atoms with van der Waals surface area (Å²) in [6.07, 6.45) is 0. The molecule has 0 aliphatic carbocycles. The molecule has 0 aromatic heterocycles. The monoisotopic (exact) mass is 296 g/mol. The van der Waals surface area contributed by atoms with Crippen molar-refractivity contribution in [2.24, 2.45) is 0 Å². The molecule has 0 saturated carbocycles. The Morgan fingerprint density at radius 3 is 2.23 bits per heavy atom. The molecule has 0 aliphatic heterocycles. The van der Waals surface area contributed by atoms with E-state index in [0.29, 0.717) is 24.2 Å². The number of hydrogen-bond acceptors (Lipinski definition) is 3. The Kier molecular flexibility index (Phi) is 5.86. The van der Waals surface area contributed by atoms with Crippen LogP contribution in [0.4, 0.5) is 0 Å². The van der Waals surface area contributed by atoms with Gasteiger partial charge >= 0.3 is 0 Å². The predicted octanol–water partition coefficient (Wildman–Crippen LogP) is 2.41. The molecule has 0 radical (unpaired) electrons. The van der Waals surface area contributed by atoms with Crippen molar-refractivity contribution in [3.8, 4) is 0 Å². The van der Waals surface area contributed by atoms with Gasteiger partial charge in [0.05, 0.1) is 6.54 Å². The van der Waals surface area contributed by atoms with Crippen molar-refractivity contribution in [1.82, 2.24) is 10.6 Å². The van der Waals surface area contributed by atoms with Crippen molar-refractivity contribution in [3.63, 3.8) is 0 Å². The second-order valence-electron chi connectivity index (χ2n) is 4.95. The number of nitrogens with one attached hydrogen (secondary N) is 2. The smallest absolute Gasteiger partial charge is 0.251 e. The van der Waals surface area contributed by atoms with Gasteiger partial charge in [0, 0.05) is 17.7 Å². The van der Waals surface area contributed by atoms with Crippen LogP contribution in [0.2, 0.25) is 0 Å². The minimum atomic E-state index is -0.104. The van der Waals surface area contributed by atoms with Crippen LogP contribution in [0.5, 0.6) is 0 Å². The van der Waals surface area contributed by atoms with Crippen molar-refractivity contribution >= 4 is 11.7 Å². The zero-order valence-corrected chi connectivity index (χ0v) is 12.6. The first kappa shape index (κ1) is 15.9. The number of Topliss-reactive ketones (excluding diaryl/α,β-unsaturated/α-hetero) is 1. The predicted molar refractivity (Wildman–Crippen MR) is 86.9 cm³/mol. The minimum absolute atomic E-state index is 0.0710. The van der Waals surface area contributed by atoms with E-state index in [1.54, 1.807) is 24.3 Å². The Hall–Kier alpha value is -2.46. The Labute approximate surface area is 130 Å². The Morgan fingerprint density at radius 1 is 0.909 bits per heavy atom. The van der Waals surface area contributed by atoms with Gasteiger partial charge in [-0.3, -0.25) is 9.59 Å². The number of likely N-dealkylation sites (N-methyl/N-ethyl adjacent to an activating group) is 1. The quantitative estimate of drug-likeness (QED) is 0.771. The summed E-state index contributed by atoms with van der Waals surface area (Å²) in [6, 6.07) is 16.4. The molecule has 0 heterocycles. The second-order valence-corrected chi connectivity index (χ2v) is 4.95. The summed E-state index contributed by atoms with van der Waals surface area (Å²) >= 11 is 0. The standard InChI is InChI=1S/C18H20N2O2/c1-2-19-13-17(21)15-10-8-14(9-11-15)12-20-18(22)16-6-4-3-5-7-16/h3-11,19H,2,12-13H2,1H3,(H,20,22). The summed E-state index contributed by atoms with van der Waals surface area (Å²) in [5.41, 5.74) is 2.28. The molecule has 114 valence electrons. The molecule has 2 N–H and O–H groups in total. The van der Waals surface area contributed by atoms with Crippen molar-refractivity contribution in [1.29, 1.82) is 0 Å². The lowest BCUT2D eigenvalue weighted by atomic mass is 10.1. The van der Waals surface area contributed by atoms with Gasteiger partial charge in [0.2, 0.25) is 0 Å². The fourth-order valence-corrected chi connectivity index (χ4v) is 2.02. The summed E-state index contributed by atoms with van der Waals surface area (Å²) in [7, 11) is 0. The van der Waals surface area contributed by atoms with Crippen LogP contribution in [0, 0.1) is 0 Å². The molecule has 4 heteroatoms. The fourth-order valence-electron chi connectivity index (χ4n) is 2.02. The van der Waals surface area contributed by atoms with E-state index in [1.165, 1.54) is 0 Å². The third-order valence-corrected chi connectivity index (χ3v) is 3.30. The molecule has 2 rings (SSSR count). The largest absolute Gasteiger partial charge is 0.348 e. The number of ketones is 1. The molecule has 2 aromatic carbocycles. The van der Waals surface area contributed by atoms with Crippen LogP contribution in [0.25, 0.3) is 0 Å². The van der Waals surface area contributed by atoms with Crippen LogP contribution in [0.1, 0.15) is 33.2 Å². The number of rotatable bonds is 7. The van der Waals surface area contributed by atoms with Crippen LogP contribution in [-0.2, 0) is 6.54 Å². The number of carbonyl (C=O) groups is 2. The molecule has 0 fully saturated rings. The van der Waals surface area contributed by atoms with Crippen molar-refractivity contribution in [2.45, 2.75) is 13.5 Å². The second kappa shape index (κ2) is 8.10. The number of amides is 1. The van der Waals surface area contributed by atoms with Crippen molar-refractivity contribution < 1.29 is 9.59 Å². The molecule has 0 unspecified atom stereocenters. The van der Waals surface area contributed by atoms with Gasteiger partial charge in [-0.25, -0.2) is 0 Å². The highest BCUT2D eigenvalue weighted by Crippen LogP contribution is 2.06. The molecular weight excluding hydrogens is 276 g/mol. The molecule has 2 aromatic rings. The van der Waals surface area contributed by atoms with Crippen molar-refractivity contribution in [2.75, 3.05) is 13.1 Å². The molecule has 0 saturated heterocycles. The van der Waals surface area contributed by atoms with Gasteiger partial charge in [0.1, 0.15) is 0 Å². The number of benzene rings is 2. The molecule has 0 atom stereocenters. The lowest BCUT2D eigenvalue weighted by Crippen LogP contribution is -2.23. The Bertz CT molecular complexity index is 621. The average Bonchev–Trinajstić information content (AvgIpc) is 2.58. The van der Waals surface area contributed by atoms with Gasteiger partial charge < -0.3 is 10.6 Å². The third-order valence-electron chi connectivity index (χ3n) is 3.30. The highest BCUT2D eigenvalue weighted by Gasteiger charge is 2.06. The van der Waals surface area contributed by atoms with Crippen LogP contribution in [0.3, 0.4) is 0 Å². The van der Waals surface area contributed by atoms with Crippen LogP contribution in [-0.4, -0.2) is 24.8 Å². The van der Waals surface area contributed by atoms with E-state index in [4.69, 9.17) is 0 Å². The number of carbonyl (C=O) groups excluding carboxylic acids is 2. The van der Waals surface area contributed by atoms with Gasteiger partial charge in [0.25, 0.3) is 5.91 Å². The minimum Gasteiger partial charge on any atom is -0.348 e. The topological polar surface area (TPSA) is 58.2 Å². The molecule has 22 heavy (non-hydrogen) atoms. The SMILES string of the molecule is CCNCC(=O)c1ccc(CNC(=O)c2ccccc2)cc1. The molecule has 0 aliphatic rings. The van der Waals surface area contributed by atoms with Gasteiger partial charge in [-0.15, -0.1) is 0 Å². The maximum absolute atomic E-state index is 11.9. The van der Waals surface area contributed by atoms with Gasteiger partial charge in [-0.05, 0) is 24.2 Å². The fraction of sp³-hybridized carbons (Fsp3) is 0.222. The molecule has 1 amide bonds. The first-order valence-corrected chi connectivity index (χ1v) is 7.37. The molecule has 0 bridgehead atoms. The Morgan fingerprint density at radius 2 is 1.59 bits per heavy atom. The van der Waals surface area contributed by atoms with E-state index >= 15 is 0 Å². The number of hydrogen-bond donors (Lipinski definition) is 2. The molecular formula is C18H20N2O2. The van der Waals surface area contributed by atoms with Gasteiger partial charge in [0.15, 0.2) is 5.78 Å². The zero-order chi connectivity index (χ0) is 15.8. The van der Waals surface area contributed by atoms with E-state index in [-0.39, 0.29) is 11.7 Å². The van der Waals surface area contributed by atoms with E-state index < -0.39 is 0 Å². The highest BCUT2D eigenvalue weighted by molar-refractivity contribution is 5.97. The van der Waals surface area contributed by atoms with E-state index in [1.807, 2.05) is 37.3 Å². The Balaban J connectivity index is 1.89. The average molecular weight is 296 g/mol. The summed E-state index contributed by atoms with van der Waals surface area (Å²) in [4.78, 5) is 23.8. The first-order chi connectivity index (χ1) is 10.7. The zero-order valence-electron chi connectivity index (χ0n) is 12.6. The highest BCUT2D eigenvalue weighted by atomic mass is 16.1. The van der Waals surface area contributed by atoms with E-state index in [2.05, 4.69) is 10.6 Å². The first-order valence-electron chi connectivity index (χ1n) is 7.37.